The SMILES string of the molecule is CCc1nc(-c2ccc(OC)cc2)n[nH]1. The van der Waals surface area contributed by atoms with Crippen LogP contribution in [-0.4, -0.2) is 22.3 Å². The molecule has 0 aliphatic carbocycles. The molecule has 0 bridgehead atoms. The summed E-state index contributed by atoms with van der Waals surface area (Å²) in [5.74, 6) is 2.47. The zero-order valence-electron chi connectivity index (χ0n) is 8.82. The largest absolute Gasteiger partial charge is 0.497 e. The van der Waals surface area contributed by atoms with Gasteiger partial charge in [-0.05, 0) is 24.3 Å². The van der Waals surface area contributed by atoms with Crippen LogP contribution in [0.4, 0.5) is 0 Å². The summed E-state index contributed by atoms with van der Waals surface area (Å²) in [5.41, 5.74) is 0.992. The van der Waals surface area contributed by atoms with Crippen LogP contribution in [0.5, 0.6) is 5.75 Å². The van der Waals surface area contributed by atoms with Crippen LogP contribution in [0.3, 0.4) is 0 Å². The van der Waals surface area contributed by atoms with Gasteiger partial charge in [-0.3, -0.25) is 5.10 Å². The summed E-state index contributed by atoms with van der Waals surface area (Å²) in [6.45, 7) is 2.04. The third-order valence-corrected chi connectivity index (χ3v) is 2.21. The fraction of sp³-hybridized carbons (Fsp3) is 0.273. The van der Waals surface area contributed by atoms with Crippen molar-refractivity contribution in [1.29, 1.82) is 0 Å². The molecular weight excluding hydrogens is 190 g/mol. The molecule has 15 heavy (non-hydrogen) atoms. The van der Waals surface area contributed by atoms with Gasteiger partial charge in [-0.15, -0.1) is 0 Å². The first-order valence-electron chi connectivity index (χ1n) is 4.89. The maximum Gasteiger partial charge on any atom is 0.181 e. The molecule has 0 fully saturated rings. The van der Waals surface area contributed by atoms with E-state index < -0.39 is 0 Å². The lowest BCUT2D eigenvalue weighted by atomic mass is 10.2. The molecule has 2 rings (SSSR count). The summed E-state index contributed by atoms with van der Waals surface area (Å²) < 4.78 is 5.08. The molecule has 1 heterocycles. The van der Waals surface area contributed by atoms with Crippen molar-refractivity contribution in [3.63, 3.8) is 0 Å². The van der Waals surface area contributed by atoms with E-state index in [1.54, 1.807) is 7.11 Å². The topological polar surface area (TPSA) is 50.8 Å². The van der Waals surface area contributed by atoms with Gasteiger partial charge in [0.05, 0.1) is 7.11 Å². The molecule has 78 valence electrons. The van der Waals surface area contributed by atoms with E-state index >= 15 is 0 Å². The fourth-order valence-corrected chi connectivity index (χ4v) is 1.32. The van der Waals surface area contributed by atoms with Crippen LogP contribution in [0.25, 0.3) is 11.4 Å². The first kappa shape index (κ1) is 9.71. The number of nitrogens with zero attached hydrogens (tertiary/aromatic N) is 2. The summed E-state index contributed by atoms with van der Waals surface area (Å²) >= 11 is 0. The number of hydrogen-bond donors (Lipinski definition) is 1. The second-order valence-corrected chi connectivity index (χ2v) is 3.19. The summed E-state index contributed by atoms with van der Waals surface area (Å²) in [6, 6.07) is 7.69. The van der Waals surface area contributed by atoms with Crippen LogP contribution in [0.2, 0.25) is 0 Å². The number of nitrogens with one attached hydrogen (secondary N) is 1. The van der Waals surface area contributed by atoms with Crippen LogP contribution >= 0.6 is 0 Å². The van der Waals surface area contributed by atoms with E-state index in [0.29, 0.717) is 0 Å². The van der Waals surface area contributed by atoms with Crippen LogP contribution in [0, 0.1) is 0 Å². The molecule has 4 heteroatoms. The lowest BCUT2D eigenvalue weighted by molar-refractivity contribution is 0.415. The molecular formula is C11H13N3O. The summed E-state index contributed by atoms with van der Waals surface area (Å²) in [5, 5.41) is 7.03. The van der Waals surface area contributed by atoms with Gasteiger partial charge in [-0.1, -0.05) is 6.92 Å². The molecule has 1 aromatic carbocycles. The molecule has 0 saturated heterocycles. The molecule has 4 nitrogen and oxygen atoms in total. The molecule has 0 unspecified atom stereocenters. The van der Waals surface area contributed by atoms with E-state index in [2.05, 4.69) is 15.2 Å². The number of benzene rings is 1. The van der Waals surface area contributed by atoms with Gasteiger partial charge in [0.2, 0.25) is 0 Å². The fourth-order valence-electron chi connectivity index (χ4n) is 1.32. The highest BCUT2D eigenvalue weighted by atomic mass is 16.5. The number of methoxy groups -OCH3 is 1. The van der Waals surface area contributed by atoms with Gasteiger partial charge in [0.25, 0.3) is 0 Å². The smallest absolute Gasteiger partial charge is 0.181 e. The second kappa shape index (κ2) is 4.13. The van der Waals surface area contributed by atoms with Crippen molar-refractivity contribution in [2.45, 2.75) is 13.3 Å². The molecule has 1 aromatic heterocycles. The minimum absolute atomic E-state index is 0.731. The lowest BCUT2D eigenvalue weighted by Crippen LogP contribution is -1.84. The zero-order chi connectivity index (χ0) is 10.7. The minimum Gasteiger partial charge on any atom is -0.497 e. The Labute approximate surface area is 88.3 Å². The van der Waals surface area contributed by atoms with E-state index in [-0.39, 0.29) is 0 Å². The van der Waals surface area contributed by atoms with Gasteiger partial charge >= 0.3 is 0 Å². The highest BCUT2D eigenvalue weighted by Gasteiger charge is 2.04. The predicted octanol–water partition coefficient (Wildman–Crippen LogP) is 2.04. The number of aryl methyl sites for hydroxylation is 1. The van der Waals surface area contributed by atoms with E-state index in [1.807, 2.05) is 31.2 Å². The Bertz CT molecular complexity index is 433. The zero-order valence-corrected chi connectivity index (χ0v) is 8.82. The molecule has 1 N–H and O–H groups in total. The number of rotatable bonds is 3. The van der Waals surface area contributed by atoms with Crippen molar-refractivity contribution in [2.24, 2.45) is 0 Å². The Morgan fingerprint density at radius 2 is 2.00 bits per heavy atom. The standard InChI is InChI=1S/C11H13N3O/c1-3-10-12-11(14-13-10)8-4-6-9(15-2)7-5-8/h4-7H,3H2,1-2H3,(H,12,13,14). The van der Waals surface area contributed by atoms with Gasteiger partial charge in [-0.2, -0.15) is 5.10 Å². The Morgan fingerprint density at radius 1 is 1.27 bits per heavy atom. The maximum atomic E-state index is 5.08. The third kappa shape index (κ3) is 1.98. The van der Waals surface area contributed by atoms with Crippen LogP contribution in [0.1, 0.15) is 12.7 Å². The quantitative estimate of drug-likeness (QED) is 0.830. The first-order chi connectivity index (χ1) is 7.33. The van der Waals surface area contributed by atoms with Crippen molar-refractivity contribution in [2.75, 3.05) is 7.11 Å². The molecule has 0 saturated carbocycles. The summed E-state index contributed by atoms with van der Waals surface area (Å²) in [4.78, 5) is 4.35. The average molecular weight is 203 g/mol. The van der Waals surface area contributed by atoms with Crippen LogP contribution in [0.15, 0.2) is 24.3 Å². The van der Waals surface area contributed by atoms with Crippen molar-refractivity contribution in [3.8, 4) is 17.1 Å². The highest BCUT2D eigenvalue weighted by molar-refractivity contribution is 5.55. The lowest BCUT2D eigenvalue weighted by Gasteiger charge is -1.99. The van der Waals surface area contributed by atoms with Crippen molar-refractivity contribution >= 4 is 0 Å². The van der Waals surface area contributed by atoms with Gasteiger partial charge in [0, 0.05) is 12.0 Å². The Hall–Kier alpha value is -1.84. The van der Waals surface area contributed by atoms with Crippen molar-refractivity contribution in [3.05, 3.63) is 30.1 Å². The third-order valence-electron chi connectivity index (χ3n) is 2.21. The second-order valence-electron chi connectivity index (χ2n) is 3.19. The monoisotopic (exact) mass is 203 g/mol. The van der Waals surface area contributed by atoms with Crippen LogP contribution < -0.4 is 4.74 Å². The predicted molar refractivity (Wildman–Crippen MR) is 57.7 cm³/mol. The molecule has 0 aliphatic heterocycles. The van der Waals surface area contributed by atoms with Crippen LogP contribution in [-0.2, 0) is 6.42 Å². The summed E-state index contributed by atoms with van der Waals surface area (Å²) in [6.07, 6.45) is 0.864. The molecule has 0 amide bonds. The number of ether oxygens (including phenoxy) is 1. The first-order valence-corrected chi connectivity index (χ1v) is 4.89. The highest BCUT2D eigenvalue weighted by Crippen LogP contribution is 2.18. The van der Waals surface area contributed by atoms with Crippen molar-refractivity contribution < 1.29 is 4.74 Å². The average Bonchev–Trinajstić information content (AvgIpc) is 2.78. The summed E-state index contributed by atoms with van der Waals surface area (Å²) in [7, 11) is 1.65. The Kier molecular flexibility index (Phi) is 2.67. The maximum absolute atomic E-state index is 5.08. The van der Waals surface area contributed by atoms with E-state index in [9.17, 15) is 0 Å². The Morgan fingerprint density at radius 3 is 2.53 bits per heavy atom. The van der Waals surface area contributed by atoms with E-state index in [4.69, 9.17) is 4.74 Å². The molecule has 0 spiro atoms. The number of aromatic nitrogens is 3. The number of aromatic amines is 1. The minimum atomic E-state index is 0.731. The van der Waals surface area contributed by atoms with Gasteiger partial charge in [0.15, 0.2) is 5.82 Å². The van der Waals surface area contributed by atoms with Gasteiger partial charge in [-0.25, -0.2) is 4.98 Å². The molecule has 0 atom stereocenters. The molecule has 0 aliphatic rings. The van der Waals surface area contributed by atoms with E-state index in [0.717, 1.165) is 29.4 Å². The molecule has 2 aromatic rings. The number of H-pyrrole nitrogens is 1. The van der Waals surface area contributed by atoms with Gasteiger partial charge < -0.3 is 4.74 Å². The Balaban J connectivity index is 2.28. The van der Waals surface area contributed by atoms with E-state index in [1.165, 1.54) is 0 Å². The van der Waals surface area contributed by atoms with Crippen molar-refractivity contribution in [1.82, 2.24) is 15.2 Å². The number of hydrogen-bond acceptors (Lipinski definition) is 3. The van der Waals surface area contributed by atoms with Gasteiger partial charge in [0.1, 0.15) is 11.6 Å². The normalized spacial score (nSPS) is 10.3. The molecule has 0 radical (unpaired) electrons.